The summed E-state index contributed by atoms with van der Waals surface area (Å²) < 4.78 is 4.84. The minimum Gasteiger partial charge on any atom is -0.327 e. The fraction of sp³-hybridized carbons (Fsp3) is 1.00. The monoisotopic (exact) mass is 192 g/mol. The minimum atomic E-state index is -2.40. The molecule has 0 spiro atoms. The first-order chi connectivity index (χ1) is 3.56. The molecule has 0 saturated heterocycles. The predicted molar refractivity (Wildman–Crippen MR) is 42.2 cm³/mol. The van der Waals surface area contributed by atoms with Crippen molar-refractivity contribution < 1.29 is 4.52 Å². The van der Waals surface area contributed by atoms with Crippen molar-refractivity contribution in [3.63, 3.8) is 0 Å². The largest absolute Gasteiger partial charge is 0.327 e. The van der Waals surface area contributed by atoms with Crippen LogP contribution in [-0.4, -0.2) is 6.61 Å². The molecule has 0 N–H and O–H groups in total. The van der Waals surface area contributed by atoms with Gasteiger partial charge in [-0.2, -0.15) is 0 Å². The molecule has 0 rings (SSSR count). The zero-order chi connectivity index (χ0) is 6.62. The molecule has 0 aromatic heterocycles. The fourth-order valence-corrected chi connectivity index (χ4v) is 1.23. The second-order valence-corrected chi connectivity index (χ2v) is 8.46. The lowest BCUT2D eigenvalue weighted by Gasteiger charge is -2.03. The van der Waals surface area contributed by atoms with Crippen LogP contribution in [-0.2, 0) is 16.3 Å². The lowest BCUT2D eigenvalue weighted by atomic mass is 10.5. The molecule has 0 aromatic rings. The van der Waals surface area contributed by atoms with E-state index in [4.69, 9.17) is 27.0 Å². The SMILES string of the molecule is CCCOP(=S)(Cl)Cl. The number of halogens is 2. The highest BCUT2D eigenvalue weighted by molar-refractivity contribution is 8.36. The summed E-state index contributed by atoms with van der Waals surface area (Å²) in [6.45, 7) is 2.53. The molecule has 5 heteroatoms. The summed E-state index contributed by atoms with van der Waals surface area (Å²) in [6, 6.07) is 0. The molecule has 0 aliphatic rings. The molecule has 1 nitrogen and oxygen atoms in total. The highest BCUT2D eigenvalue weighted by atomic mass is 35.9. The van der Waals surface area contributed by atoms with Crippen LogP contribution < -0.4 is 0 Å². The maximum Gasteiger partial charge on any atom is 0.240 e. The number of hydrogen-bond acceptors (Lipinski definition) is 2. The van der Waals surface area contributed by atoms with Gasteiger partial charge in [-0.3, -0.25) is 0 Å². The third-order valence-corrected chi connectivity index (χ3v) is 1.83. The molecule has 50 valence electrons. The standard InChI is InChI=1S/C3H7Cl2OPS/c1-2-3-6-7(4,5)8/h2-3H2,1H3. The maximum atomic E-state index is 5.38. The van der Waals surface area contributed by atoms with E-state index < -0.39 is 4.97 Å². The Hall–Kier alpha value is 1.19. The van der Waals surface area contributed by atoms with Crippen molar-refractivity contribution in [1.82, 2.24) is 0 Å². The van der Waals surface area contributed by atoms with E-state index in [0.29, 0.717) is 6.61 Å². The molecule has 0 heterocycles. The Balaban J connectivity index is 3.26. The molecule has 0 saturated carbocycles. The molecule has 0 aliphatic heterocycles. The van der Waals surface area contributed by atoms with Crippen LogP contribution in [0.3, 0.4) is 0 Å². The average Bonchev–Trinajstić information content (AvgIpc) is 1.59. The van der Waals surface area contributed by atoms with Gasteiger partial charge in [0.05, 0.1) is 6.61 Å². The average molecular weight is 193 g/mol. The summed E-state index contributed by atoms with van der Waals surface area (Å²) in [6.07, 6.45) is 0.901. The Morgan fingerprint density at radius 2 is 2.12 bits per heavy atom. The Morgan fingerprint density at radius 1 is 1.62 bits per heavy atom. The Kier molecular flexibility index (Phi) is 4.68. The van der Waals surface area contributed by atoms with Gasteiger partial charge in [0.25, 0.3) is 0 Å². The van der Waals surface area contributed by atoms with Crippen molar-refractivity contribution in [3.05, 3.63) is 0 Å². The summed E-state index contributed by atoms with van der Waals surface area (Å²) >= 11 is 15.3. The molecule has 0 aliphatic carbocycles. The molecular formula is C3H7Cl2OPS. The topological polar surface area (TPSA) is 9.23 Å². The second-order valence-electron chi connectivity index (χ2n) is 1.25. The summed E-state index contributed by atoms with van der Waals surface area (Å²) in [4.78, 5) is -2.40. The molecule has 0 fully saturated rings. The minimum absolute atomic E-state index is 0.560. The van der Waals surface area contributed by atoms with Crippen LogP contribution in [0.1, 0.15) is 13.3 Å². The van der Waals surface area contributed by atoms with E-state index in [1.54, 1.807) is 0 Å². The zero-order valence-electron chi connectivity index (χ0n) is 4.43. The molecule has 0 atom stereocenters. The number of hydrogen-bond donors (Lipinski definition) is 0. The van der Waals surface area contributed by atoms with Crippen LogP contribution >= 0.6 is 27.5 Å². The third kappa shape index (κ3) is 7.19. The Bertz CT molecular complexity index is 101. The maximum absolute atomic E-state index is 5.38. The molecule has 0 bridgehead atoms. The molecule has 8 heavy (non-hydrogen) atoms. The predicted octanol–water partition coefficient (Wildman–Crippen LogP) is 3.12. The van der Waals surface area contributed by atoms with E-state index in [9.17, 15) is 0 Å². The summed E-state index contributed by atoms with van der Waals surface area (Å²) in [5.41, 5.74) is 0. The van der Waals surface area contributed by atoms with Crippen LogP contribution in [0.5, 0.6) is 0 Å². The molecule has 0 amide bonds. The summed E-state index contributed by atoms with van der Waals surface area (Å²) in [7, 11) is 0. The Morgan fingerprint density at radius 3 is 2.25 bits per heavy atom. The van der Waals surface area contributed by atoms with E-state index in [2.05, 4.69) is 11.8 Å². The van der Waals surface area contributed by atoms with Gasteiger partial charge in [0, 0.05) is 0 Å². The van der Waals surface area contributed by atoms with Crippen molar-refractivity contribution in [3.8, 4) is 0 Å². The fourth-order valence-electron chi connectivity index (χ4n) is 0.198. The first-order valence-electron chi connectivity index (χ1n) is 2.20. The van der Waals surface area contributed by atoms with Crippen molar-refractivity contribution >= 4 is 39.3 Å². The Labute approximate surface area is 64.0 Å². The van der Waals surface area contributed by atoms with E-state index in [0.717, 1.165) is 6.42 Å². The van der Waals surface area contributed by atoms with Crippen LogP contribution in [0.4, 0.5) is 0 Å². The first-order valence-corrected chi connectivity index (χ1v) is 6.73. The third-order valence-electron chi connectivity index (χ3n) is 0.446. The zero-order valence-corrected chi connectivity index (χ0v) is 7.66. The van der Waals surface area contributed by atoms with Gasteiger partial charge in [-0.15, -0.1) is 0 Å². The lowest BCUT2D eigenvalue weighted by Crippen LogP contribution is -1.80. The van der Waals surface area contributed by atoms with Gasteiger partial charge in [-0.05, 0) is 40.7 Å². The van der Waals surface area contributed by atoms with Gasteiger partial charge in [-0.1, -0.05) is 6.92 Å². The van der Waals surface area contributed by atoms with Crippen LogP contribution in [0.25, 0.3) is 0 Å². The lowest BCUT2D eigenvalue weighted by molar-refractivity contribution is 0.364. The van der Waals surface area contributed by atoms with Crippen molar-refractivity contribution in [2.24, 2.45) is 0 Å². The van der Waals surface area contributed by atoms with Gasteiger partial charge >= 0.3 is 0 Å². The molecular weight excluding hydrogens is 186 g/mol. The van der Waals surface area contributed by atoms with Gasteiger partial charge in [0.1, 0.15) is 0 Å². The van der Waals surface area contributed by atoms with Crippen LogP contribution in [0, 0.1) is 0 Å². The van der Waals surface area contributed by atoms with Gasteiger partial charge in [0.2, 0.25) is 4.97 Å². The van der Waals surface area contributed by atoms with E-state index in [1.165, 1.54) is 0 Å². The molecule has 0 radical (unpaired) electrons. The highest BCUT2D eigenvalue weighted by Gasteiger charge is 2.05. The van der Waals surface area contributed by atoms with Crippen LogP contribution in [0.15, 0.2) is 0 Å². The van der Waals surface area contributed by atoms with E-state index in [-0.39, 0.29) is 0 Å². The number of rotatable bonds is 3. The van der Waals surface area contributed by atoms with Crippen LogP contribution in [0.2, 0.25) is 0 Å². The molecule has 0 aromatic carbocycles. The summed E-state index contributed by atoms with van der Waals surface area (Å²) in [5, 5.41) is 0. The van der Waals surface area contributed by atoms with E-state index in [1.807, 2.05) is 6.92 Å². The van der Waals surface area contributed by atoms with E-state index >= 15 is 0 Å². The van der Waals surface area contributed by atoms with Gasteiger partial charge in [-0.25, -0.2) is 0 Å². The van der Waals surface area contributed by atoms with Crippen molar-refractivity contribution in [2.45, 2.75) is 13.3 Å². The van der Waals surface area contributed by atoms with Gasteiger partial charge in [0.15, 0.2) is 0 Å². The first kappa shape index (κ1) is 9.19. The highest BCUT2D eigenvalue weighted by Crippen LogP contribution is 2.57. The van der Waals surface area contributed by atoms with Gasteiger partial charge < -0.3 is 4.52 Å². The van der Waals surface area contributed by atoms with Crippen molar-refractivity contribution in [2.75, 3.05) is 6.61 Å². The van der Waals surface area contributed by atoms with Crippen molar-refractivity contribution in [1.29, 1.82) is 0 Å². The quantitative estimate of drug-likeness (QED) is 0.636. The smallest absolute Gasteiger partial charge is 0.240 e. The normalized spacial score (nSPS) is 11.9. The molecule has 0 unspecified atom stereocenters. The second kappa shape index (κ2) is 4.08. The summed E-state index contributed by atoms with van der Waals surface area (Å²) in [5.74, 6) is 0.